The molecule has 4 rings (SSSR count). The Kier molecular flexibility index (Phi) is 8.73. The molecular formula is C30H39BrN2O6. The number of carbonyl (C=O) groups excluding carboxylic acids is 3. The summed E-state index contributed by atoms with van der Waals surface area (Å²) in [6, 6.07) is 4.22. The maximum Gasteiger partial charge on any atom is 0.312 e. The molecule has 2 bridgehead atoms. The predicted octanol–water partition coefficient (Wildman–Crippen LogP) is 3.71. The summed E-state index contributed by atoms with van der Waals surface area (Å²) >= 11 is 3.68. The molecule has 3 heterocycles. The quantitative estimate of drug-likeness (QED) is 0.236. The zero-order chi connectivity index (χ0) is 28.6. The van der Waals surface area contributed by atoms with Crippen LogP contribution in [0.2, 0.25) is 0 Å². The van der Waals surface area contributed by atoms with Crippen LogP contribution in [-0.4, -0.2) is 76.2 Å². The van der Waals surface area contributed by atoms with Crippen LogP contribution in [-0.2, 0) is 23.9 Å². The molecule has 0 radical (unpaired) electrons. The van der Waals surface area contributed by atoms with Gasteiger partial charge in [0.25, 0.3) is 5.91 Å². The smallest absolute Gasteiger partial charge is 0.312 e. The molecular weight excluding hydrogens is 564 g/mol. The molecule has 3 aliphatic heterocycles. The highest BCUT2D eigenvalue weighted by Crippen LogP contribution is 2.61. The monoisotopic (exact) mass is 602 g/mol. The van der Waals surface area contributed by atoms with Crippen LogP contribution in [0.5, 0.6) is 0 Å². The number of likely N-dealkylation sites (tertiary alicyclic amines) is 1. The Morgan fingerprint density at radius 3 is 2.67 bits per heavy atom. The third-order valence-electron chi connectivity index (χ3n) is 8.65. The van der Waals surface area contributed by atoms with Crippen molar-refractivity contribution in [1.82, 2.24) is 4.90 Å². The van der Waals surface area contributed by atoms with Gasteiger partial charge in [-0.05, 0) is 43.4 Å². The Bertz CT molecular complexity index is 1160. The van der Waals surface area contributed by atoms with E-state index in [1.807, 2.05) is 45.9 Å². The zero-order valence-corrected chi connectivity index (χ0v) is 24.7. The minimum atomic E-state index is -1.25. The number of esters is 1. The number of aliphatic hydroxyl groups excluding tert-OH is 1. The first-order valence-electron chi connectivity index (χ1n) is 13.6. The van der Waals surface area contributed by atoms with Gasteiger partial charge in [-0.2, -0.15) is 0 Å². The van der Waals surface area contributed by atoms with Crippen LogP contribution in [0.4, 0.5) is 5.69 Å². The second kappa shape index (κ2) is 11.6. The van der Waals surface area contributed by atoms with Gasteiger partial charge in [-0.15, -0.1) is 6.58 Å². The lowest BCUT2D eigenvalue weighted by Crippen LogP contribution is -2.60. The average molecular weight is 604 g/mol. The van der Waals surface area contributed by atoms with Gasteiger partial charge in [0, 0.05) is 17.1 Å². The van der Waals surface area contributed by atoms with Gasteiger partial charge in [0.15, 0.2) is 0 Å². The number of hydrogen-bond donors (Lipinski definition) is 1. The number of nitrogens with zero attached hydrogens (tertiary/aromatic N) is 2. The van der Waals surface area contributed by atoms with E-state index in [9.17, 15) is 19.5 Å². The summed E-state index contributed by atoms with van der Waals surface area (Å²) < 4.78 is 12.0. The number of aliphatic hydroxyl groups is 1. The highest BCUT2D eigenvalue weighted by Gasteiger charge is 2.77. The first kappa shape index (κ1) is 29.5. The third kappa shape index (κ3) is 4.76. The Hall–Kier alpha value is -2.49. The minimum Gasteiger partial charge on any atom is -0.461 e. The molecule has 0 aliphatic carbocycles. The van der Waals surface area contributed by atoms with Gasteiger partial charge in [0.05, 0.1) is 30.6 Å². The molecule has 1 aromatic carbocycles. The summed E-state index contributed by atoms with van der Waals surface area (Å²) in [4.78, 5) is 45.3. The number of carbonyl (C=O) groups is 3. The Morgan fingerprint density at radius 2 is 2.05 bits per heavy atom. The zero-order valence-electron chi connectivity index (χ0n) is 23.1. The maximum atomic E-state index is 14.7. The molecule has 3 saturated heterocycles. The highest BCUT2D eigenvalue weighted by molar-refractivity contribution is 9.09. The molecule has 3 aliphatic rings. The molecule has 1 aromatic rings. The fraction of sp³-hybridized carbons (Fsp3) is 0.567. The predicted molar refractivity (Wildman–Crippen MR) is 153 cm³/mol. The van der Waals surface area contributed by atoms with Crippen molar-refractivity contribution < 1.29 is 29.0 Å². The lowest BCUT2D eigenvalue weighted by atomic mass is 9.70. The number of aryl methyl sites for hydroxylation is 2. The summed E-state index contributed by atoms with van der Waals surface area (Å²) in [6.45, 7) is 15.2. The average Bonchev–Trinajstić information content (AvgIpc) is 3.51. The van der Waals surface area contributed by atoms with Crippen molar-refractivity contribution >= 4 is 39.4 Å². The molecule has 3 fully saturated rings. The van der Waals surface area contributed by atoms with E-state index in [0.29, 0.717) is 12.8 Å². The highest BCUT2D eigenvalue weighted by atomic mass is 79.9. The van der Waals surface area contributed by atoms with Crippen LogP contribution in [0.25, 0.3) is 0 Å². The summed E-state index contributed by atoms with van der Waals surface area (Å²) in [5, 5.41) is 10.5. The minimum absolute atomic E-state index is 0.0148. The fourth-order valence-electron chi connectivity index (χ4n) is 6.62. The van der Waals surface area contributed by atoms with Crippen molar-refractivity contribution in [3.63, 3.8) is 0 Å². The number of fused-ring (bicyclic) bond motifs is 1. The fourth-order valence-corrected chi connectivity index (χ4v) is 7.56. The molecule has 9 heteroatoms. The van der Waals surface area contributed by atoms with Crippen LogP contribution in [0.15, 0.2) is 43.5 Å². The van der Waals surface area contributed by atoms with Crippen molar-refractivity contribution in [1.29, 1.82) is 0 Å². The Balaban J connectivity index is 1.88. The topological polar surface area (TPSA) is 96.4 Å². The van der Waals surface area contributed by atoms with Crippen molar-refractivity contribution in [2.75, 3.05) is 24.7 Å². The largest absolute Gasteiger partial charge is 0.461 e. The number of rotatable bonds is 11. The van der Waals surface area contributed by atoms with Crippen molar-refractivity contribution in [3.05, 3.63) is 54.6 Å². The molecule has 8 nitrogen and oxygen atoms in total. The lowest BCUT2D eigenvalue weighted by Gasteiger charge is -2.41. The van der Waals surface area contributed by atoms with E-state index >= 15 is 0 Å². The number of anilines is 1. The summed E-state index contributed by atoms with van der Waals surface area (Å²) in [6.07, 6.45) is 3.59. The Labute approximate surface area is 239 Å². The van der Waals surface area contributed by atoms with E-state index in [0.717, 1.165) is 16.8 Å². The Morgan fingerprint density at radius 1 is 1.33 bits per heavy atom. The van der Waals surface area contributed by atoms with Gasteiger partial charge in [-0.3, -0.25) is 14.4 Å². The van der Waals surface area contributed by atoms with Gasteiger partial charge in [0.2, 0.25) is 5.91 Å². The van der Waals surface area contributed by atoms with Crippen LogP contribution >= 0.6 is 15.9 Å². The lowest BCUT2D eigenvalue weighted by molar-refractivity contribution is -0.155. The van der Waals surface area contributed by atoms with Crippen LogP contribution in [0, 0.1) is 31.6 Å². The molecule has 39 heavy (non-hydrogen) atoms. The number of amides is 2. The second-order valence-electron chi connectivity index (χ2n) is 11.0. The molecule has 2 amide bonds. The molecule has 1 N–H and O–H groups in total. The van der Waals surface area contributed by atoms with Gasteiger partial charge in [0.1, 0.15) is 18.2 Å². The molecule has 1 spiro atoms. The molecule has 8 atom stereocenters. The van der Waals surface area contributed by atoms with Crippen molar-refractivity contribution in [2.45, 2.75) is 69.2 Å². The standard InChI is InChI=1S/C30H39BrN2O6/c1-7-12-32(21-14-17(4)10-11-19(21)6)28(36)26-30-15-20(31)25(39-30)23(29(37)38-13-8-2)24(30)27(35)33(26)22(16-34)18(5)9-3/h7-8,10-11,14,18,20,22-26,34H,1-2,9,12-13,15-16H2,3-6H3/t18-,20?,22-,23-,24-,25-,26?,30?/m0/s1. The van der Waals surface area contributed by atoms with Crippen molar-refractivity contribution in [3.8, 4) is 0 Å². The van der Waals surface area contributed by atoms with E-state index < -0.39 is 41.6 Å². The number of benzene rings is 1. The first-order chi connectivity index (χ1) is 18.6. The third-order valence-corrected chi connectivity index (χ3v) is 9.50. The number of alkyl halides is 1. The normalized spacial score (nSPS) is 30.6. The summed E-state index contributed by atoms with van der Waals surface area (Å²) in [5.74, 6) is -3.08. The van der Waals surface area contributed by atoms with E-state index in [1.165, 1.54) is 11.0 Å². The first-order valence-corrected chi connectivity index (χ1v) is 14.5. The van der Waals surface area contributed by atoms with Crippen LogP contribution < -0.4 is 4.90 Å². The molecule has 0 saturated carbocycles. The van der Waals surface area contributed by atoms with Gasteiger partial charge in [-0.25, -0.2) is 0 Å². The summed E-state index contributed by atoms with van der Waals surface area (Å²) in [7, 11) is 0. The number of halogens is 1. The molecule has 212 valence electrons. The van der Waals surface area contributed by atoms with E-state index in [4.69, 9.17) is 9.47 Å². The van der Waals surface area contributed by atoms with Gasteiger partial charge < -0.3 is 24.4 Å². The van der Waals surface area contributed by atoms with E-state index in [-0.39, 0.29) is 42.3 Å². The summed E-state index contributed by atoms with van der Waals surface area (Å²) in [5.41, 5.74) is 1.37. The maximum absolute atomic E-state index is 14.7. The molecule has 3 unspecified atom stereocenters. The van der Waals surface area contributed by atoms with E-state index in [1.54, 1.807) is 11.0 Å². The van der Waals surface area contributed by atoms with Crippen LogP contribution in [0.3, 0.4) is 0 Å². The van der Waals surface area contributed by atoms with Crippen LogP contribution in [0.1, 0.15) is 37.8 Å². The SMILES string of the molecule is C=CCOC(=O)[C@H]1[C@H]2C(=O)N([C@@H](CO)[C@@H](C)CC)C(C(=O)N(CC=C)c3cc(C)ccc3C)C23CC(Br)[C@@H]1O3. The van der Waals surface area contributed by atoms with E-state index in [2.05, 4.69) is 29.1 Å². The number of hydrogen-bond acceptors (Lipinski definition) is 6. The van der Waals surface area contributed by atoms with Gasteiger partial charge >= 0.3 is 5.97 Å². The van der Waals surface area contributed by atoms with Crippen molar-refractivity contribution in [2.24, 2.45) is 17.8 Å². The number of ether oxygens (including phenoxy) is 2. The second-order valence-corrected chi connectivity index (χ2v) is 12.2. The molecule has 0 aromatic heterocycles. The van der Waals surface area contributed by atoms with Gasteiger partial charge in [-0.1, -0.05) is 67.1 Å².